The number of rotatable bonds is 6. The summed E-state index contributed by atoms with van der Waals surface area (Å²) in [6.45, 7) is 22.1. The average Bonchev–Trinajstić information content (AvgIpc) is 3.82. The molecule has 80 heavy (non-hydrogen) atoms. The quantitative estimate of drug-likeness (QED) is 0.154. The number of hydrogen-bond donors (Lipinski definition) is 0. The number of anilines is 8. The monoisotopic (exact) mass is 1040 g/mol. The van der Waals surface area contributed by atoms with Gasteiger partial charge in [0.15, 0.2) is 0 Å². The first-order chi connectivity index (χ1) is 38.5. The second kappa shape index (κ2) is 17.5. The maximum absolute atomic E-state index is 2.85. The van der Waals surface area contributed by atoms with Crippen LogP contribution in [0.2, 0.25) is 0 Å². The molecule has 3 heterocycles. The topological polar surface area (TPSA) is 9.72 Å². The molecule has 4 heteroatoms. The van der Waals surface area contributed by atoms with Crippen LogP contribution in [-0.4, -0.2) is 12.3 Å². The van der Waals surface area contributed by atoms with E-state index in [-0.39, 0.29) is 33.9 Å². The Balaban J connectivity index is 1.07. The molecule has 6 aliphatic rings. The Hall–Kier alpha value is -7.56. The van der Waals surface area contributed by atoms with Crippen LogP contribution in [0.1, 0.15) is 121 Å². The third-order valence-electron chi connectivity index (χ3n) is 20.3. The van der Waals surface area contributed by atoms with Crippen molar-refractivity contribution in [3.8, 4) is 33.4 Å². The molecular weight excluding hydrogens is 966 g/mol. The third-order valence-corrected chi connectivity index (χ3v) is 20.3. The molecule has 1 fully saturated rings. The highest BCUT2D eigenvalue weighted by molar-refractivity contribution is 7.00. The van der Waals surface area contributed by atoms with Crippen LogP contribution in [0.4, 0.5) is 45.5 Å². The van der Waals surface area contributed by atoms with Crippen molar-refractivity contribution in [1.82, 2.24) is 0 Å². The van der Waals surface area contributed by atoms with Gasteiger partial charge in [0.05, 0.1) is 11.2 Å². The van der Waals surface area contributed by atoms with E-state index in [1.54, 1.807) is 0 Å². The zero-order valence-corrected chi connectivity index (χ0v) is 48.5. The molecule has 0 bridgehead atoms. The van der Waals surface area contributed by atoms with Crippen molar-refractivity contribution in [3.05, 3.63) is 221 Å². The fourth-order valence-electron chi connectivity index (χ4n) is 16.2. The van der Waals surface area contributed by atoms with Gasteiger partial charge in [-0.15, -0.1) is 0 Å². The van der Waals surface area contributed by atoms with E-state index >= 15 is 0 Å². The van der Waals surface area contributed by atoms with Gasteiger partial charge in [-0.25, -0.2) is 0 Å². The standard InChI is InChI=1S/C76H74BN3/c1-72(2,3)58-30-34-65(61(42-58)51-25-17-12-18-26-51)79-67-33-29-53(50-23-15-11-16-24-50)39-63(67)77-64-40-56-47-74(6,7)48-57(56)41-68(64)78(59-31-27-54-45-73(4,5)46-55(54)37-59)69-43-60(44-70(79)71(69)77)80-66-32-28-52(49-21-13-10-14-22-49)38-62(66)75(8)35-19-20-36-76(75,80)9/h10-18,21-34,37-44H,19-20,35-36,45-48H2,1-9H3. The highest BCUT2D eigenvalue weighted by Gasteiger charge is 2.58. The van der Waals surface area contributed by atoms with Gasteiger partial charge >= 0.3 is 0 Å². The molecule has 0 saturated heterocycles. The summed E-state index contributed by atoms with van der Waals surface area (Å²) in [6.07, 6.45) is 9.06. The Morgan fingerprint density at radius 3 is 1.61 bits per heavy atom. The summed E-state index contributed by atoms with van der Waals surface area (Å²) in [4.78, 5) is 8.30. The molecule has 0 spiro atoms. The van der Waals surface area contributed by atoms with Crippen LogP contribution in [-0.2, 0) is 36.5 Å². The molecule has 15 rings (SSSR count). The summed E-state index contributed by atoms with van der Waals surface area (Å²) in [7, 11) is 0. The van der Waals surface area contributed by atoms with Crippen LogP contribution in [0.15, 0.2) is 188 Å². The van der Waals surface area contributed by atoms with E-state index in [0.717, 1.165) is 38.5 Å². The molecule has 2 unspecified atom stereocenters. The van der Waals surface area contributed by atoms with Gasteiger partial charge in [-0.2, -0.15) is 0 Å². The first-order valence-corrected chi connectivity index (χ1v) is 29.9. The van der Waals surface area contributed by atoms with Gasteiger partial charge in [-0.1, -0.05) is 196 Å². The maximum atomic E-state index is 2.85. The minimum absolute atomic E-state index is 0.0264. The highest BCUT2D eigenvalue weighted by Crippen LogP contribution is 2.63. The van der Waals surface area contributed by atoms with Gasteiger partial charge in [0.25, 0.3) is 6.71 Å². The molecule has 2 atom stereocenters. The fourth-order valence-corrected chi connectivity index (χ4v) is 16.2. The third kappa shape index (κ3) is 7.53. The largest absolute Gasteiger partial charge is 0.334 e. The zero-order valence-electron chi connectivity index (χ0n) is 48.5. The van der Waals surface area contributed by atoms with Gasteiger partial charge in [0, 0.05) is 50.8 Å². The lowest BCUT2D eigenvalue weighted by atomic mass is 9.33. The predicted molar refractivity (Wildman–Crippen MR) is 341 cm³/mol. The van der Waals surface area contributed by atoms with Crippen LogP contribution in [0.3, 0.4) is 0 Å². The van der Waals surface area contributed by atoms with Crippen molar-refractivity contribution >= 4 is 68.6 Å². The Labute approximate surface area is 476 Å². The van der Waals surface area contributed by atoms with Crippen molar-refractivity contribution in [1.29, 1.82) is 0 Å². The molecule has 396 valence electrons. The van der Waals surface area contributed by atoms with E-state index in [1.165, 1.54) is 141 Å². The lowest BCUT2D eigenvalue weighted by Crippen LogP contribution is -2.61. The van der Waals surface area contributed by atoms with Crippen molar-refractivity contribution in [2.45, 2.75) is 130 Å². The smallest absolute Gasteiger partial charge is 0.252 e. The molecule has 9 aromatic rings. The summed E-state index contributed by atoms with van der Waals surface area (Å²) in [5.74, 6) is 0. The molecule has 3 nitrogen and oxygen atoms in total. The van der Waals surface area contributed by atoms with E-state index in [9.17, 15) is 0 Å². The van der Waals surface area contributed by atoms with Crippen LogP contribution in [0.5, 0.6) is 0 Å². The second-order valence-corrected chi connectivity index (χ2v) is 27.9. The van der Waals surface area contributed by atoms with Crippen LogP contribution < -0.4 is 31.1 Å². The Morgan fingerprint density at radius 1 is 0.400 bits per heavy atom. The van der Waals surface area contributed by atoms with Gasteiger partial charge < -0.3 is 14.7 Å². The zero-order chi connectivity index (χ0) is 54.7. The molecular formula is C76H74BN3. The molecule has 1 saturated carbocycles. The maximum Gasteiger partial charge on any atom is 0.252 e. The van der Waals surface area contributed by atoms with Gasteiger partial charge in [0.2, 0.25) is 0 Å². The second-order valence-electron chi connectivity index (χ2n) is 27.9. The molecule has 0 aromatic heterocycles. The first kappa shape index (κ1) is 49.5. The minimum Gasteiger partial charge on any atom is -0.334 e. The van der Waals surface area contributed by atoms with Crippen LogP contribution in [0.25, 0.3) is 33.4 Å². The number of nitrogens with zero attached hydrogens (tertiary/aromatic N) is 3. The molecule has 0 amide bonds. The molecule has 0 N–H and O–H groups in total. The van der Waals surface area contributed by atoms with Crippen molar-refractivity contribution in [2.24, 2.45) is 10.8 Å². The van der Waals surface area contributed by atoms with Crippen LogP contribution in [0, 0.1) is 10.8 Å². The first-order valence-electron chi connectivity index (χ1n) is 29.9. The van der Waals surface area contributed by atoms with Crippen molar-refractivity contribution in [2.75, 3.05) is 14.7 Å². The average molecular weight is 1040 g/mol. The Bertz CT molecular complexity index is 4000. The summed E-state index contributed by atoms with van der Waals surface area (Å²) in [6, 6.07) is 73.7. The molecule has 9 aromatic carbocycles. The lowest BCUT2D eigenvalue weighted by Gasteiger charge is -2.51. The van der Waals surface area contributed by atoms with Crippen molar-refractivity contribution < 1.29 is 0 Å². The molecule has 3 aliphatic carbocycles. The van der Waals surface area contributed by atoms with E-state index in [4.69, 9.17) is 0 Å². The number of benzene rings is 9. The Morgan fingerprint density at radius 2 is 0.950 bits per heavy atom. The van der Waals surface area contributed by atoms with Crippen molar-refractivity contribution in [3.63, 3.8) is 0 Å². The SMILES string of the molecule is CC1(C)Cc2ccc(N3c4cc5c(cc4B4c6cc(-c7ccccc7)ccc6N(c6ccc(C(C)(C)C)cc6-c6ccccc6)c6cc(N7c8ccc(-c9ccccc9)cc8C8(C)CCCCC78C)cc3c64)CC(C)(C)C5)cc2C1. The van der Waals surface area contributed by atoms with Gasteiger partial charge in [-0.05, 0) is 200 Å². The number of fused-ring (bicyclic) bond motifs is 9. The highest BCUT2D eigenvalue weighted by atomic mass is 15.3. The van der Waals surface area contributed by atoms with E-state index in [0.29, 0.717) is 0 Å². The van der Waals surface area contributed by atoms with E-state index in [1.807, 2.05) is 0 Å². The Kier molecular flexibility index (Phi) is 10.8. The van der Waals surface area contributed by atoms with Crippen LogP contribution >= 0.6 is 0 Å². The van der Waals surface area contributed by atoms with Gasteiger partial charge in [-0.3, -0.25) is 0 Å². The summed E-state index contributed by atoms with van der Waals surface area (Å²) in [5.41, 5.74) is 30.8. The number of hydrogen-bond acceptors (Lipinski definition) is 3. The summed E-state index contributed by atoms with van der Waals surface area (Å²) < 4.78 is 0. The molecule has 0 radical (unpaired) electrons. The van der Waals surface area contributed by atoms with E-state index < -0.39 is 0 Å². The minimum atomic E-state index is -0.183. The normalized spacial score (nSPS) is 20.6. The summed E-state index contributed by atoms with van der Waals surface area (Å²) >= 11 is 0. The van der Waals surface area contributed by atoms with E-state index in [2.05, 4.69) is 265 Å². The summed E-state index contributed by atoms with van der Waals surface area (Å²) in [5, 5.41) is 0. The lowest BCUT2D eigenvalue weighted by molar-refractivity contribution is 0.195. The van der Waals surface area contributed by atoms with Gasteiger partial charge in [0.1, 0.15) is 0 Å². The fraction of sp³-hybridized carbons (Fsp3) is 0.289. The molecule has 3 aliphatic heterocycles. The predicted octanol–water partition coefficient (Wildman–Crippen LogP) is 18.1.